The van der Waals surface area contributed by atoms with Gasteiger partial charge in [-0.15, -0.1) is 23.1 Å². The number of nitrogens with zero attached hydrogens (tertiary/aromatic N) is 3. The van der Waals surface area contributed by atoms with Crippen molar-refractivity contribution < 1.29 is 23.9 Å². The lowest BCUT2D eigenvalue weighted by atomic mass is 9.98. The molecule has 2 aliphatic heterocycles. The highest BCUT2D eigenvalue weighted by Crippen LogP contribution is 2.41. The zero-order valence-corrected chi connectivity index (χ0v) is 23.6. The lowest BCUT2D eigenvalue weighted by Crippen LogP contribution is -2.53. The van der Waals surface area contributed by atoms with E-state index in [1.165, 1.54) is 11.3 Å². The van der Waals surface area contributed by atoms with E-state index in [2.05, 4.69) is 10.3 Å². The topological polar surface area (TPSA) is 101 Å². The van der Waals surface area contributed by atoms with Gasteiger partial charge in [0.2, 0.25) is 0 Å². The fourth-order valence-corrected chi connectivity index (χ4v) is 6.98. The van der Waals surface area contributed by atoms with Crippen LogP contribution in [0.3, 0.4) is 0 Å². The van der Waals surface area contributed by atoms with E-state index in [-0.39, 0.29) is 29.1 Å². The van der Waals surface area contributed by atoms with Crippen LogP contribution in [0.25, 0.3) is 0 Å². The standard InChI is InChI=1S/C27H34N4O5S2/c1-27(2,3)36-26(34)31-21(16-38-24(31)18-10-13-35-14-11-18)23(33)30(25-28-12-15-37-25)20-8-4-17(5-9-20)22(32)29-19-6-7-19/h4-5,8-9,12,15,18-19,21,24H,6-7,10-11,13-14,16H2,1-3H3,(H,29,32). The van der Waals surface area contributed by atoms with Crippen molar-refractivity contribution in [2.75, 3.05) is 23.9 Å². The highest BCUT2D eigenvalue weighted by Gasteiger charge is 2.48. The van der Waals surface area contributed by atoms with Crippen molar-refractivity contribution in [3.8, 4) is 0 Å². The van der Waals surface area contributed by atoms with Gasteiger partial charge in [0, 0.05) is 42.1 Å². The third-order valence-electron chi connectivity index (χ3n) is 6.72. The average molecular weight is 559 g/mol. The molecular formula is C27H34N4O5S2. The average Bonchev–Trinajstić information content (AvgIpc) is 3.35. The summed E-state index contributed by atoms with van der Waals surface area (Å²) >= 11 is 2.97. The SMILES string of the molecule is CC(C)(C)OC(=O)N1C(C(=O)N(c2ccc(C(=O)NC3CC3)cc2)c2nccs2)CSC1C1CCOCC1. The van der Waals surface area contributed by atoms with E-state index in [4.69, 9.17) is 9.47 Å². The molecule has 3 heterocycles. The summed E-state index contributed by atoms with van der Waals surface area (Å²) in [5.41, 5.74) is 0.444. The second kappa shape index (κ2) is 11.2. The number of anilines is 2. The van der Waals surface area contributed by atoms with Gasteiger partial charge in [0.1, 0.15) is 11.6 Å². The van der Waals surface area contributed by atoms with Gasteiger partial charge in [-0.25, -0.2) is 9.78 Å². The van der Waals surface area contributed by atoms with Crippen LogP contribution in [-0.2, 0) is 14.3 Å². The maximum absolute atomic E-state index is 14.3. The van der Waals surface area contributed by atoms with Crippen LogP contribution in [0.15, 0.2) is 35.8 Å². The smallest absolute Gasteiger partial charge is 0.411 e. The maximum Gasteiger partial charge on any atom is 0.411 e. The van der Waals surface area contributed by atoms with E-state index in [1.54, 1.807) is 52.0 Å². The predicted octanol–water partition coefficient (Wildman–Crippen LogP) is 4.81. The van der Waals surface area contributed by atoms with E-state index in [0.717, 1.165) is 25.7 Å². The highest BCUT2D eigenvalue weighted by molar-refractivity contribution is 8.00. The fourth-order valence-electron chi connectivity index (χ4n) is 4.69. The summed E-state index contributed by atoms with van der Waals surface area (Å²) in [7, 11) is 0. The first-order valence-electron chi connectivity index (χ1n) is 13.1. The first-order valence-corrected chi connectivity index (χ1v) is 15.0. The van der Waals surface area contributed by atoms with Crippen molar-refractivity contribution in [1.82, 2.24) is 15.2 Å². The van der Waals surface area contributed by atoms with Crippen LogP contribution in [0.5, 0.6) is 0 Å². The molecule has 3 fully saturated rings. The van der Waals surface area contributed by atoms with Crippen molar-refractivity contribution in [2.24, 2.45) is 5.92 Å². The van der Waals surface area contributed by atoms with Crippen molar-refractivity contribution in [1.29, 1.82) is 0 Å². The predicted molar refractivity (Wildman–Crippen MR) is 148 cm³/mol. The highest BCUT2D eigenvalue weighted by atomic mass is 32.2. The van der Waals surface area contributed by atoms with Crippen LogP contribution in [0.4, 0.5) is 15.6 Å². The van der Waals surface area contributed by atoms with E-state index < -0.39 is 17.7 Å². The Morgan fingerprint density at radius 2 is 1.82 bits per heavy atom. The normalized spacial score (nSPS) is 22.2. The lowest BCUT2D eigenvalue weighted by molar-refractivity contribution is -0.122. The molecule has 1 N–H and O–H groups in total. The van der Waals surface area contributed by atoms with Gasteiger partial charge in [0.25, 0.3) is 11.8 Å². The number of hydrogen-bond donors (Lipinski definition) is 1. The monoisotopic (exact) mass is 558 g/mol. The fraction of sp³-hybridized carbons (Fsp3) is 0.556. The van der Waals surface area contributed by atoms with Crippen molar-refractivity contribution >= 4 is 51.8 Å². The summed E-state index contributed by atoms with van der Waals surface area (Å²) in [4.78, 5) is 47.9. The molecule has 1 saturated carbocycles. The molecule has 9 nitrogen and oxygen atoms in total. The minimum atomic E-state index is -0.718. The van der Waals surface area contributed by atoms with Crippen LogP contribution in [0, 0.1) is 5.92 Å². The Hall–Kier alpha value is -2.63. The molecule has 11 heteroatoms. The summed E-state index contributed by atoms with van der Waals surface area (Å²) in [6, 6.07) is 6.51. The Bertz CT molecular complexity index is 1140. The number of thioether (sulfide) groups is 1. The van der Waals surface area contributed by atoms with Crippen molar-refractivity contribution in [2.45, 2.75) is 69.5 Å². The van der Waals surface area contributed by atoms with E-state index >= 15 is 0 Å². The number of hydrogen-bond acceptors (Lipinski definition) is 8. The Morgan fingerprint density at radius 3 is 2.42 bits per heavy atom. The zero-order chi connectivity index (χ0) is 26.9. The molecule has 1 aliphatic carbocycles. The van der Waals surface area contributed by atoms with Gasteiger partial charge in [-0.2, -0.15) is 0 Å². The molecule has 5 rings (SSSR count). The number of ether oxygens (including phenoxy) is 2. The number of benzene rings is 1. The van der Waals surface area contributed by atoms with Crippen LogP contribution in [0.2, 0.25) is 0 Å². The van der Waals surface area contributed by atoms with Gasteiger partial charge in [-0.1, -0.05) is 0 Å². The third kappa shape index (κ3) is 6.16. The Morgan fingerprint density at radius 1 is 1.11 bits per heavy atom. The molecule has 2 aromatic rings. The number of thiazole rings is 1. The molecule has 2 unspecified atom stereocenters. The molecule has 0 bridgehead atoms. The van der Waals surface area contributed by atoms with Crippen LogP contribution in [0.1, 0.15) is 56.8 Å². The van der Waals surface area contributed by atoms with Crippen LogP contribution >= 0.6 is 23.1 Å². The zero-order valence-electron chi connectivity index (χ0n) is 21.9. The summed E-state index contributed by atoms with van der Waals surface area (Å²) < 4.78 is 11.3. The summed E-state index contributed by atoms with van der Waals surface area (Å²) in [5.74, 6) is 0.317. The van der Waals surface area contributed by atoms with E-state index in [9.17, 15) is 14.4 Å². The van der Waals surface area contributed by atoms with Crippen LogP contribution < -0.4 is 10.2 Å². The number of carbonyl (C=O) groups is 3. The second-order valence-corrected chi connectivity index (χ2v) is 12.9. The largest absolute Gasteiger partial charge is 0.444 e. The number of carbonyl (C=O) groups excluding carboxylic acids is 3. The molecule has 1 aromatic heterocycles. The molecular weight excluding hydrogens is 524 g/mol. The molecule has 0 spiro atoms. The summed E-state index contributed by atoms with van der Waals surface area (Å²) in [5, 5.41) is 5.14. The first-order chi connectivity index (χ1) is 18.2. The van der Waals surface area contributed by atoms with Crippen molar-refractivity contribution in [3.63, 3.8) is 0 Å². The minimum absolute atomic E-state index is 0.117. The van der Waals surface area contributed by atoms with E-state index in [0.29, 0.717) is 35.3 Å². The minimum Gasteiger partial charge on any atom is -0.444 e. The first kappa shape index (κ1) is 27.0. The third-order valence-corrected chi connectivity index (χ3v) is 8.94. The van der Waals surface area contributed by atoms with Crippen LogP contribution in [-0.4, -0.2) is 69.8 Å². The lowest BCUT2D eigenvalue weighted by Gasteiger charge is -2.37. The second-order valence-electron chi connectivity index (χ2n) is 10.9. The van der Waals surface area contributed by atoms with Gasteiger partial charge in [-0.3, -0.25) is 19.4 Å². The van der Waals surface area contributed by atoms with Gasteiger partial charge >= 0.3 is 6.09 Å². The molecule has 1 aromatic carbocycles. The Labute approximate surface area is 231 Å². The molecule has 2 atom stereocenters. The number of aromatic nitrogens is 1. The number of rotatable bonds is 6. The number of amides is 3. The van der Waals surface area contributed by atoms with Gasteiger partial charge in [0.15, 0.2) is 5.13 Å². The summed E-state index contributed by atoms with van der Waals surface area (Å²) in [6.07, 6.45) is 4.86. The molecule has 38 heavy (non-hydrogen) atoms. The molecule has 2 saturated heterocycles. The van der Waals surface area contributed by atoms with Crippen molar-refractivity contribution in [3.05, 3.63) is 41.4 Å². The maximum atomic E-state index is 14.3. The van der Waals surface area contributed by atoms with Gasteiger partial charge in [-0.05, 0) is 76.6 Å². The molecule has 0 radical (unpaired) electrons. The summed E-state index contributed by atoms with van der Waals surface area (Å²) in [6.45, 7) is 6.79. The Kier molecular flexibility index (Phi) is 7.97. The van der Waals surface area contributed by atoms with Gasteiger partial charge in [0.05, 0.1) is 11.1 Å². The van der Waals surface area contributed by atoms with Gasteiger partial charge < -0.3 is 14.8 Å². The van der Waals surface area contributed by atoms with E-state index in [1.807, 2.05) is 26.2 Å². The molecule has 204 valence electrons. The quantitative estimate of drug-likeness (QED) is 0.543. The molecule has 3 amide bonds. The molecule has 3 aliphatic rings. The number of nitrogens with one attached hydrogen (secondary N) is 1. The Balaban J connectivity index is 1.43.